The molecule has 9 nitrogen and oxygen atoms in total. The van der Waals surface area contributed by atoms with Crippen molar-refractivity contribution < 1.29 is 19.0 Å². The molecule has 3 aliphatic rings. The number of hydrogen-bond acceptors (Lipinski definition) is 8. The van der Waals surface area contributed by atoms with Gasteiger partial charge in [-0.25, -0.2) is 9.67 Å². The summed E-state index contributed by atoms with van der Waals surface area (Å²) in [5.74, 6) is 0.857. The van der Waals surface area contributed by atoms with Crippen molar-refractivity contribution >= 4 is 33.0 Å². The lowest BCUT2D eigenvalue weighted by molar-refractivity contribution is -0.0676. The number of pyridine rings is 1. The molecule has 4 N–H and O–H groups in total. The molecule has 0 aromatic carbocycles. The van der Waals surface area contributed by atoms with Gasteiger partial charge >= 0.3 is 0 Å². The van der Waals surface area contributed by atoms with Gasteiger partial charge in [0.15, 0.2) is 5.65 Å². The average Bonchev–Trinajstić information content (AvgIpc) is 3.37. The van der Waals surface area contributed by atoms with Crippen LogP contribution in [0.15, 0.2) is 17.5 Å². The van der Waals surface area contributed by atoms with Crippen molar-refractivity contribution in [1.82, 2.24) is 14.8 Å². The van der Waals surface area contributed by atoms with Gasteiger partial charge in [0.05, 0.1) is 29.1 Å². The SMILES string of the molecule is CCn1ncc2c(NC3CCS(O)(O)CC3)c(C3=NOC4(CCC(O)CC4)C3)cnc21. The van der Waals surface area contributed by atoms with E-state index in [1.807, 2.05) is 24.0 Å². The van der Waals surface area contributed by atoms with Crippen molar-refractivity contribution in [3.05, 3.63) is 18.0 Å². The summed E-state index contributed by atoms with van der Waals surface area (Å²) in [5.41, 5.74) is 3.24. The molecule has 2 aromatic heterocycles. The average molecular weight is 450 g/mol. The van der Waals surface area contributed by atoms with Gasteiger partial charge in [-0.3, -0.25) is 9.11 Å². The predicted molar refractivity (Wildman–Crippen MR) is 122 cm³/mol. The van der Waals surface area contributed by atoms with E-state index in [2.05, 4.69) is 20.6 Å². The summed E-state index contributed by atoms with van der Waals surface area (Å²) < 4.78 is 21.8. The molecule has 0 unspecified atom stereocenters. The molecular weight excluding hydrogens is 418 g/mol. The molecule has 2 aromatic rings. The van der Waals surface area contributed by atoms with Crippen LogP contribution in [0, 0.1) is 0 Å². The number of nitrogens with zero attached hydrogens (tertiary/aromatic N) is 4. The molecule has 0 atom stereocenters. The quantitative estimate of drug-likeness (QED) is 0.562. The second-order valence-electron chi connectivity index (χ2n) is 9.09. The van der Waals surface area contributed by atoms with Crippen LogP contribution in [0.2, 0.25) is 0 Å². The van der Waals surface area contributed by atoms with Crippen molar-refractivity contribution in [3.63, 3.8) is 0 Å². The highest BCUT2D eigenvalue weighted by Crippen LogP contribution is 2.45. The minimum atomic E-state index is -2.43. The van der Waals surface area contributed by atoms with E-state index in [4.69, 9.17) is 4.84 Å². The van der Waals surface area contributed by atoms with Crippen LogP contribution in [0.3, 0.4) is 0 Å². The molecule has 1 aliphatic carbocycles. The van der Waals surface area contributed by atoms with E-state index < -0.39 is 10.6 Å². The third-order valence-corrected chi connectivity index (χ3v) is 8.70. The molecule has 1 saturated heterocycles. The number of nitrogens with one attached hydrogen (secondary N) is 1. The summed E-state index contributed by atoms with van der Waals surface area (Å²) >= 11 is 0. The highest BCUT2D eigenvalue weighted by Gasteiger charge is 2.43. The van der Waals surface area contributed by atoms with Crippen LogP contribution in [0.1, 0.15) is 57.4 Å². The minimum Gasteiger partial charge on any atom is -0.393 e. The number of fused-ring (bicyclic) bond motifs is 1. The topological polar surface area (TPSA) is 125 Å². The lowest BCUT2D eigenvalue weighted by Crippen LogP contribution is -2.36. The summed E-state index contributed by atoms with van der Waals surface area (Å²) in [5, 5.41) is 23.5. The third kappa shape index (κ3) is 4.02. The summed E-state index contributed by atoms with van der Waals surface area (Å²) in [6, 6.07) is 0.149. The monoisotopic (exact) mass is 449 g/mol. The summed E-state index contributed by atoms with van der Waals surface area (Å²) in [4.78, 5) is 10.6. The fraction of sp³-hybridized carbons (Fsp3) is 0.667. The molecular formula is C21H31N5O4S. The Bertz CT molecular complexity index is 989. The van der Waals surface area contributed by atoms with Gasteiger partial charge in [0.1, 0.15) is 5.60 Å². The number of hydrogen-bond donors (Lipinski definition) is 4. The third-order valence-electron chi connectivity index (χ3n) is 6.92. The molecule has 0 radical (unpaired) electrons. The Morgan fingerprint density at radius 1 is 1.19 bits per heavy atom. The molecule has 2 fully saturated rings. The number of aliphatic hydroxyl groups excluding tert-OH is 1. The van der Waals surface area contributed by atoms with Gasteiger partial charge in [0.2, 0.25) is 0 Å². The van der Waals surface area contributed by atoms with E-state index in [9.17, 15) is 14.2 Å². The minimum absolute atomic E-state index is 0.149. The largest absolute Gasteiger partial charge is 0.393 e. The molecule has 10 heteroatoms. The maximum atomic E-state index is 9.99. The second-order valence-corrected chi connectivity index (χ2v) is 11.5. The van der Waals surface area contributed by atoms with Crippen molar-refractivity contribution in [1.29, 1.82) is 0 Å². The number of aliphatic hydroxyl groups is 1. The number of rotatable bonds is 4. The lowest BCUT2D eigenvalue weighted by Gasteiger charge is -2.39. The van der Waals surface area contributed by atoms with E-state index in [1.54, 1.807) is 0 Å². The van der Waals surface area contributed by atoms with Gasteiger partial charge in [-0.05, 0) is 45.4 Å². The van der Waals surface area contributed by atoms with Gasteiger partial charge in [-0.15, -0.1) is 0 Å². The van der Waals surface area contributed by atoms with Crippen molar-refractivity contribution in [3.8, 4) is 0 Å². The highest BCUT2D eigenvalue weighted by atomic mass is 32.3. The predicted octanol–water partition coefficient (Wildman–Crippen LogP) is 3.57. The molecule has 0 amide bonds. The summed E-state index contributed by atoms with van der Waals surface area (Å²) in [6.45, 7) is 2.77. The zero-order chi connectivity index (χ0) is 21.6. The van der Waals surface area contributed by atoms with Gasteiger partial charge in [-0.2, -0.15) is 15.7 Å². The normalized spacial score (nSPS) is 24.8. The van der Waals surface area contributed by atoms with E-state index >= 15 is 0 Å². The second kappa shape index (κ2) is 7.91. The Morgan fingerprint density at radius 2 is 1.94 bits per heavy atom. The Balaban J connectivity index is 1.46. The standard InChI is InChI=1S/C21H31N5O4S/c1-2-26-20-17(13-23-26)19(24-14-5-9-31(28,29)10-6-14)16(12-22-20)18-11-21(30-25-18)7-3-15(27)4-8-21/h12-15,27-29H,2-11H2,1H3,(H,22,24). The van der Waals surface area contributed by atoms with Crippen LogP contribution in [0.4, 0.5) is 5.69 Å². The number of aromatic nitrogens is 3. The van der Waals surface area contributed by atoms with Gasteiger partial charge < -0.3 is 15.3 Å². The lowest BCUT2D eigenvalue weighted by atomic mass is 9.79. The van der Waals surface area contributed by atoms with E-state index in [-0.39, 0.29) is 17.7 Å². The molecule has 31 heavy (non-hydrogen) atoms. The Kier molecular flexibility index (Phi) is 5.36. The van der Waals surface area contributed by atoms with E-state index in [0.29, 0.717) is 30.8 Å². The zero-order valence-electron chi connectivity index (χ0n) is 17.8. The highest BCUT2D eigenvalue weighted by molar-refractivity contribution is 8.24. The molecule has 4 heterocycles. The maximum Gasteiger partial charge on any atom is 0.159 e. The van der Waals surface area contributed by atoms with Crippen LogP contribution >= 0.6 is 10.6 Å². The number of anilines is 1. The zero-order valence-corrected chi connectivity index (χ0v) is 18.6. The van der Waals surface area contributed by atoms with Crippen LogP contribution in [-0.4, -0.2) is 63.9 Å². The van der Waals surface area contributed by atoms with Gasteiger partial charge in [0, 0.05) is 42.3 Å². The Morgan fingerprint density at radius 3 is 2.65 bits per heavy atom. The Labute approximate surface area is 183 Å². The fourth-order valence-corrected chi connectivity index (χ4v) is 6.48. The molecule has 170 valence electrons. The van der Waals surface area contributed by atoms with Gasteiger partial charge in [-0.1, -0.05) is 5.16 Å². The Hall–Kier alpha value is -1.88. The first kappa shape index (κ1) is 21.0. The van der Waals surface area contributed by atoms with Gasteiger partial charge in [0.25, 0.3) is 0 Å². The van der Waals surface area contributed by atoms with E-state index in [0.717, 1.165) is 60.2 Å². The first-order valence-electron chi connectivity index (χ1n) is 11.2. The molecule has 1 saturated carbocycles. The maximum absolute atomic E-state index is 9.99. The first-order chi connectivity index (χ1) is 14.9. The number of aryl methyl sites for hydroxylation is 1. The van der Waals surface area contributed by atoms with Crippen LogP contribution in [0.5, 0.6) is 0 Å². The van der Waals surface area contributed by atoms with Crippen LogP contribution in [0.25, 0.3) is 11.0 Å². The first-order valence-corrected chi connectivity index (χ1v) is 13.0. The molecule has 5 rings (SSSR count). The van der Waals surface area contributed by atoms with Crippen LogP contribution in [-0.2, 0) is 11.4 Å². The van der Waals surface area contributed by atoms with Crippen LogP contribution < -0.4 is 5.32 Å². The van der Waals surface area contributed by atoms with Crippen molar-refractivity contribution in [2.24, 2.45) is 5.16 Å². The fourth-order valence-electron chi connectivity index (χ4n) is 4.95. The van der Waals surface area contributed by atoms with Crippen molar-refractivity contribution in [2.45, 2.75) is 76.2 Å². The molecule has 2 aliphatic heterocycles. The van der Waals surface area contributed by atoms with E-state index in [1.165, 1.54) is 0 Å². The van der Waals surface area contributed by atoms with Crippen molar-refractivity contribution in [2.75, 3.05) is 16.8 Å². The number of oxime groups is 1. The molecule has 1 spiro atoms. The summed E-state index contributed by atoms with van der Waals surface area (Å²) in [6.07, 6.45) is 8.65. The molecule has 0 bridgehead atoms. The summed E-state index contributed by atoms with van der Waals surface area (Å²) in [7, 11) is -2.43. The smallest absolute Gasteiger partial charge is 0.159 e.